The molecule has 0 aliphatic carbocycles. The van der Waals surface area contributed by atoms with Gasteiger partial charge >= 0.3 is 0 Å². The van der Waals surface area contributed by atoms with Gasteiger partial charge in [0.1, 0.15) is 12.4 Å². The lowest BCUT2D eigenvalue weighted by atomic mass is 10.1. The van der Waals surface area contributed by atoms with Crippen LogP contribution in [0.15, 0.2) is 18.2 Å². The second-order valence-electron chi connectivity index (χ2n) is 6.22. The molecule has 0 radical (unpaired) electrons. The number of carbonyl (C=O) groups excluding carboxylic acids is 1. The van der Waals surface area contributed by atoms with E-state index in [9.17, 15) is 4.79 Å². The summed E-state index contributed by atoms with van der Waals surface area (Å²) in [6, 6.07) is 6.15. The Bertz CT molecular complexity index is 495. The minimum atomic E-state index is 0.0931. The Hall–Kier alpha value is -1.26. The monoisotopic (exact) mass is 338 g/mol. The zero-order valence-electron chi connectivity index (χ0n) is 14.1. The first-order valence-corrected chi connectivity index (χ1v) is 8.84. The van der Waals surface area contributed by atoms with E-state index in [1.807, 2.05) is 25.1 Å². The summed E-state index contributed by atoms with van der Waals surface area (Å²) < 4.78 is 5.67. The molecule has 0 aromatic heterocycles. The number of carbonyl (C=O) groups is 1. The number of rotatable bonds is 8. The van der Waals surface area contributed by atoms with Crippen LogP contribution in [0.4, 0.5) is 0 Å². The molecule has 1 aromatic rings. The third-order valence-electron chi connectivity index (χ3n) is 4.39. The number of amides is 1. The van der Waals surface area contributed by atoms with Gasteiger partial charge in [0, 0.05) is 12.5 Å². The van der Waals surface area contributed by atoms with Crippen LogP contribution in [0.5, 0.6) is 5.75 Å². The number of hydrogen-bond donors (Lipinski definition) is 1. The lowest BCUT2D eigenvalue weighted by molar-refractivity contribution is -0.121. The molecule has 5 heteroatoms. The Labute approximate surface area is 144 Å². The van der Waals surface area contributed by atoms with Gasteiger partial charge in [-0.3, -0.25) is 4.79 Å². The molecule has 1 amide bonds. The number of nitrogens with zero attached hydrogens (tertiary/aromatic N) is 1. The summed E-state index contributed by atoms with van der Waals surface area (Å²) in [7, 11) is 0. The number of likely N-dealkylation sites (tertiary alicyclic amines) is 1. The van der Waals surface area contributed by atoms with Gasteiger partial charge in [-0.05, 0) is 57.8 Å². The summed E-state index contributed by atoms with van der Waals surface area (Å²) in [5.74, 6) is 0.793. The number of aryl methyl sites for hydroxylation is 1. The van der Waals surface area contributed by atoms with E-state index in [0.29, 0.717) is 36.4 Å². The third kappa shape index (κ3) is 5.70. The molecule has 2 rings (SSSR count). The van der Waals surface area contributed by atoms with Crippen molar-refractivity contribution in [3.8, 4) is 5.75 Å². The number of benzene rings is 1. The first-order valence-electron chi connectivity index (χ1n) is 8.46. The van der Waals surface area contributed by atoms with Crippen molar-refractivity contribution in [2.24, 2.45) is 0 Å². The van der Waals surface area contributed by atoms with Gasteiger partial charge in [0.05, 0.1) is 11.6 Å². The lowest BCUT2D eigenvalue weighted by Crippen LogP contribution is -2.33. The smallest absolute Gasteiger partial charge is 0.220 e. The van der Waals surface area contributed by atoms with E-state index >= 15 is 0 Å². The summed E-state index contributed by atoms with van der Waals surface area (Å²) >= 11 is 6.10. The van der Waals surface area contributed by atoms with E-state index in [-0.39, 0.29) is 5.91 Å². The van der Waals surface area contributed by atoms with Gasteiger partial charge in [-0.15, -0.1) is 0 Å². The lowest BCUT2D eigenvalue weighted by Gasteiger charge is -2.23. The Morgan fingerprint density at radius 3 is 2.83 bits per heavy atom. The highest BCUT2D eigenvalue weighted by molar-refractivity contribution is 6.32. The average molecular weight is 339 g/mol. The molecule has 1 heterocycles. The molecule has 1 aliphatic rings. The highest BCUT2D eigenvalue weighted by Gasteiger charge is 2.18. The molecule has 1 aliphatic heterocycles. The fraction of sp³-hybridized carbons (Fsp3) is 0.611. The number of hydrogen-bond acceptors (Lipinski definition) is 3. The first kappa shape index (κ1) is 18.1. The van der Waals surface area contributed by atoms with Gasteiger partial charge in [0.15, 0.2) is 0 Å². The maximum atomic E-state index is 11.9. The molecule has 0 saturated carbocycles. The van der Waals surface area contributed by atoms with Crippen molar-refractivity contribution in [2.45, 2.75) is 45.6 Å². The molecule has 1 saturated heterocycles. The van der Waals surface area contributed by atoms with Gasteiger partial charge in [-0.2, -0.15) is 0 Å². The van der Waals surface area contributed by atoms with Crippen molar-refractivity contribution in [2.75, 3.05) is 26.2 Å². The first-order chi connectivity index (χ1) is 11.1. The molecule has 1 atom stereocenters. The van der Waals surface area contributed by atoms with Crippen LogP contribution in [-0.2, 0) is 4.79 Å². The molecule has 1 fully saturated rings. The van der Waals surface area contributed by atoms with Crippen molar-refractivity contribution in [1.29, 1.82) is 0 Å². The highest BCUT2D eigenvalue weighted by atomic mass is 35.5. The van der Waals surface area contributed by atoms with Crippen molar-refractivity contribution in [1.82, 2.24) is 10.2 Å². The molecule has 0 bridgehead atoms. The third-order valence-corrected chi connectivity index (χ3v) is 4.69. The van der Waals surface area contributed by atoms with Crippen molar-refractivity contribution in [3.63, 3.8) is 0 Å². The maximum absolute atomic E-state index is 11.9. The molecule has 4 nitrogen and oxygen atoms in total. The van der Waals surface area contributed by atoms with Gasteiger partial charge in [-0.1, -0.05) is 23.7 Å². The number of para-hydroxylation sites is 1. The largest absolute Gasteiger partial charge is 0.490 e. The summed E-state index contributed by atoms with van der Waals surface area (Å²) in [5.41, 5.74) is 1.00. The highest BCUT2D eigenvalue weighted by Crippen LogP contribution is 2.27. The average Bonchev–Trinajstić information content (AvgIpc) is 3.06. The van der Waals surface area contributed by atoms with Crippen LogP contribution in [0, 0.1) is 6.92 Å². The molecular formula is C18H27ClN2O2. The van der Waals surface area contributed by atoms with Crippen LogP contribution in [0.3, 0.4) is 0 Å². The van der Waals surface area contributed by atoms with E-state index in [1.165, 1.54) is 25.9 Å². The molecule has 128 valence electrons. The molecule has 0 unspecified atom stereocenters. The quantitative estimate of drug-likeness (QED) is 0.738. The number of ether oxygens (including phenoxy) is 1. The van der Waals surface area contributed by atoms with Crippen molar-refractivity contribution < 1.29 is 9.53 Å². The molecule has 1 aromatic carbocycles. The number of halogens is 1. The van der Waals surface area contributed by atoms with E-state index < -0.39 is 0 Å². The summed E-state index contributed by atoms with van der Waals surface area (Å²) in [6.07, 6.45) is 4.06. The van der Waals surface area contributed by atoms with Crippen LogP contribution in [0.2, 0.25) is 5.02 Å². The predicted octanol–water partition coefficient (Wildman–Crippen LogP) is 3.41. The van der Waals surface area contributed by atoms with Crippen LogP contribution in [-0.4, -0.2) is 43.1 Å². The van der Waals surface area contributed by atoms with Gasteiger partial charge < -0.3 is 15.0 Å². The van der Waals surface area contributed by atoms with E-state index in [0.717, 1.165) is 12.0 Å². The SMILES string of the molecule is Cc1cccc(Cl)c1OCCNC(=O)CC[C@@H](C)N1CCCC1. The molecule has 0 spiro atoms. The molecular weight excluding hydrogens is 312 g/mol. The Morgan fingerprint density at radius 2 is 2.13 bits per heavy atom. The van der Waals surface area contributed by atoms with E-state index in [4.69, 9.17) is 16.3 Å². The minimum Gasteiger partial charge on any atom is -0.490 e. The Kier molecular flexibility index (Phi) is 7.18. The maximum Gasteiger partial charge on any atom is 0.220 e. The standard InChI is InChI=1S/C18H27ClN2O2/c1-14-6-5-7-16(19)18(14)23-13-10-20-17(22)9-8-15(2)21-11-3-4-12-21/h5-7,15H,3-4,8-13H2,1-2H3,(H,20,22)/t15-/m1/s1. The minimum absolute atomic E-state index is 0.0931. The summed E-state index contributed by atoms with van der Waals surface area (Å²) in [4.78, 5) is 14.4. The fourth-order valence-electron chi connectivity index (χ4n) is 2.94. The van der Waals surface area contributed by atoms with Crippen molar-refractivity contribution >= 4 is 17.5 Å². The fourth-order valence-corrected chi connectivity index (χ4v) is 3.21. The van der Waals surface area contributed by atoms with Crippen LogP contribution in [0.1, 0.15) is 38.2 Å². The zero-order chi connectivity index (χ0) is 16.7. The topological polar surface area (TPSA) is 41.6 Å². The summed E-state index contributed by atoms with van der Waals surface area (Å²) in [5, 5.41) is 3.52. The van der Waals surface area contributed by atoms with Gasteiger partial charge in [0.25, 0.3) is 0 Å². The molecule has 1 N–H and O–H groups in total. The zero-order valence-corrected chi connectivity index (χ0v) is 14.9. The second-order valence-corrected chi connectivity index (χ2v) is 6.62. The Morgan fingerprint density at radius 1 is 1.39 bits per heavy atom. The predicted molar refractivity (Wildman–Crippen MR) is 94.2 cm³/mol. The molecule has 23 heavy (non-hydrogen) atoms. The number of nitrogens with one attached hydrogen (secondary N) is 1. The van der Waals surface area contributed by atoms with Crippen molar-refractivity contribution in [3.05, 3.63) is 28.8 Å². The second kappa shape index (κ2) is 9.14. The van der Waals surface area contributed by atoms with Gasteiger partial charge in [-0.25, -0.2) is 0 Å². The van der Waals surface area contributed by atoms with E-state index in [1.54, 1.807) is 0 Å². The van der Waals surface area contributed by atoms with Gasteiger partial charge in [0.2, 0.25) is 5.91 Å². The van der Waals surface area contributed by atoms with Crippen LogP contribution >= 0.6 is 11.6 Å². The Balaban J connectivity index is 1.61. The van der Waals surface area contributed by atoms with Crippen LogP contribution in [0.25, 0.3) is 0 Å². The van der Waals surface area contributed by atoms with E-state index in [2.05, 4.69) is 17.1 Å². The summed E-state index contributed by atoms with van der Waals surface area (Å²) in [6.45, 7) is 7.45. The van der Waals surface area contributed by atoms with Crippen LogP contribution < -0.4 is 10.1 Å². The normalized spacial score (nSPS) is 16.3.